The van der Waals surface area contributed by atoms with Gasteiger partial charge in [-0.05, 0) is 89.1 Å². The van der Waals surface area contributed by atoms with Crippen LogP contribution in [0.25, 0.3) is 0 Å². The Morgan fingerprint density at radius 2 is 1.39 bits per heavy atom. The average molecular weight is 519 g/mol. The van der Waals surface area contributed by atoms with Crippen molar-refractivity contribution in [1.29, 1.82) is 0 Å². The van der Waals surface area contributed by atoms with E-state index in [0.29, 0.717) is 5.04 Å². The maximum absolute atomic E-state index is 9.95. The lowest BCUT2D eigenvalue weighted by atomic mass is 9.87. The first-order valence-corrected chi connectivity index (χ1v) is 17.8. The molecule has 0 saturated carbocycles. The molecule has 0 spiro atoms. The molecule has 1 heterocycles. The lowest BCUT2D eigenvalue weighted by Crippen LogP contribution is -2.51. The molecule has 208 valence electrons. The molecule has 1 aliphatic rings. The van der Waals surface area contributed by atoms with Gasteiger partial charge in [-0.3, -0.25) is 0 Å². The zero-order valence-electron chi connectivity index (χ0n) is 25.4. The zero-order valence-corrected chi connectivity index (χ0v) is 26.4. The van der Waals surface area contributed by atoms with Gasteiger partial charge in [-0.1, -0.05) is 79.1 Å². The van der Waals surface area contributed by atoms with Crippen molar-refractivity contribution in [2.24, 2.45) is 0 Å². The maximum atomic E-state index is 9.95. The summed E-state index contributed by atoms with van der Waals surface area (Å²) in [7, 11) is -2.15. The number of aliphatic hydroxyl groups is 1. The fourth-order valence-electron chi connectivity index (χ4n) is 6.42. The van der Waals surface area contributed by atoms with Crippen LogP contribution >= 0.6 is 0 Å². The van der Waals surface area contributed by atoms with Crippen molar-refractivity contribution in [3.63, 3.8) is 0 Å². The highest BCUT2D eigenvalue weighted by Gasteiger charge is 2.51. The Kier molecular flexibility index (Phi) is 11.9. The Morgan fingerprint density at radius 1 is 0.861 bits per heavy atom. The Bertz CT molecular complexity index is 814. The molecule has 1 N–H and O–H groups in total. The van der Waals surface area contributed by atoms with Crippen LogP contribution in [0.1, 0.15) is 134 Å². The van der Waals surface area contributed by atoms with Gasteiger partial charge in [0, 0.05) is 10.6 Å². The first kappa shape index (κ1) is 31.2. The Balaban J connectivity index is 2.64. The molecule has 1 aromatic carbocycles. The summed E-state index contributed by atoms with van der Waals surface area (Å²) in [5.41, 5.74) is 4.52. The van der Waals surface area contributed by atoms with Gasteiger partial charge in [0.2, 0.25) is 0 Å². The zero-order chi connectivity index (χ0) is 27.0. The Hall–Kier alpha value is -1.00. The van der Waals surface area contributed by atoms with Crippen molar-refractivity contribution in [3.05, 3.63) is 22.3 Å². The number of aliphatic hydroxyl groups excluding tert-OH is 1. The molecule has 0 saturated heterocycles. The minimum atomic E-state index is -2.15. The molecule has 2 atom stereocenters. The molecule has 1 aliphatic heterocycles. The molecule has 0 aliphatic carbocycles. The van der Waals surface area contributed by atoms with Crippen molar-refractivity contribution >= 4 is 8.32 Å². The molecule has 0 bridgehead atoms. The highest BCUT2D eigenvalue weighted by atomic mass is 28.4. The monoisotopic (exact) mass is 518 g/mol. The van der Waals surface area contributed by atoms with E-state index >= 15 is 0 Å². The molecular formula is C32H58O3Si. The second kappa shape index (κ2) is 13.7. The van der Waals surface area contributed by atoms with Crippen LogP contribution in [0.4, 0.5) is 0 Å². The second-order valence-electron chi connectivity index (χ2n) is 12.2. The quantitative estimate of drug-likeness (QED) is 0.221. The summed E-state index contributed by atoms with van der Waals surface area (Å²) in [6, 6.07) is 1.24. The molecule has 0 aromatic heterocycles. The molecule has 1 aromatic rings. The SMILES string of the molecule is CCCCC(CCCC)(CCCC)[Si](C)(CCCC)Oc1c(C)c(C)c2c(c1C)CCC(C)(CO)O2. The minimum Gasteiger partial charge on any atom is -0.543 e. The number of hydrogen-bond acceptors (Lipinski definition) is 3. The summed E-state index contributed by atoms with van der Waals surface area (Å²) in [4.78, 5) is 0. The van der Waals surface area contributed by atoms with Crippen LogP contribution in [0.5, 0.6) is 11.5 Å². The third kappa shape index (κ3) is 6.70. The van der Waals surface area contributed by atoms with E-state index in [2.05, 4.69) is 55.0 Å². The van der Waals surface area contributed by atoms with Gasteiger partial charge >= 0.3 is 0 Å². The van der Waals surface area contributed by atoms with Gasteiger partial charge < -0.3 is 14.3 Å². The van der Waals surface area contributed by atoms with E-state index in [9.17, 15) is 5.11 Å². The van der Waals surface area contributed by atoms with Gasteiger partial charge in [0.15, 0.2) is 0 Å². The van der Waals surface area contributed by atoms with Crippen LogP contribution in [0.15, 0.2) is 0 Å². The van der Waals surface area contributed by atoms with Crippen LogP contribution in [0, 0.1) is 20.8 Å². The van der Waals surface area contributed by atoms with E-state index in [1.807, 2.05) is 6.92 Å². The van der Waals surface area contributed by atoms with Gasteiger partial charge in [-0.2, -0.15) is 0 Å². The number of fused-ring (bicyclic) bond motifs is 1. The summed E-state index contributed by atoms with van der Waals surface area (Å²) in [5, 5.41) is 10.3. The summed E-state index contributed by atoms with van der Waals surface area (Å²) in [6.45, 7) is 20.7. The molecule has 2 rings (SSSR count). The molecule has 2 unspecified atom stereocenters. The summed E-state index contributed by atoms with van der Waals surface area (Å²) >= 11 is 0. The topological polar surface area (TPSA) is 38.7 Å². The van der Waals surface area contributed by atoms with Gasteiger partial charge in [0.25, 0.3) is 8.32 Å². The van der Waals surface area contributed by atoms with E-state index in [-0.39, 0.29) is 6.61 Å². The van der Waals surface area contributed by atoms with Gasteiger partial charge in [0.1, 0.15) is 17.1 Å². The predicted octanol–water partition coefficient (Wildman–Crippen LogP) is 9.75. The highest BCUT2D eigenvalue weighted by Crippen LogP contribution is 2.55. The van der Waals surface area contributed by atoms with E-state index in [4.69, 9.17) is 9.16 Å². The molecule has 36 heavy (non-hydrogen) atoms. The normalized spacial score (nSPS) is 19.5. The standard InChI is InChI=1S/C32H58O3Si/c1-10-14-19-32(20-15-11-2,21-16-12-3)36(9,23-17-13-4)35-29-25(5)26(6)30-28(27(29)7)18-22-31(8,24-33)34-30/h33H,10-24H2,1-9H3. The number of rotatable bonds is 16. The number of hydrogen-bond donors (Lipinski definition) is 1. The van der Waals surface area contributed by atoms with Gasteiger partial charge in [-0.25, -0.2) is 0 Å². The first-order valence-electron chi connectivity index (χ1n) is 15.2. The summed E-state index contributed by atoms with van der Waals surface area (Å²) in [6.07, 6.45) is 15.9. The molecule has 3 nitrogen and oxygen atoms in total. The summed E-state index contributed by atoms with van der Waals surface area (Å²) < 4.78 is 14.0. The van der Waals surface area contributed by atoms with E-state index in [1.54, 1.807) is 0 Å². The van der Waals surface area contributed by atoms with Crippen LogP contribution in [-0.2, 0) is 6.42 Å². The maximum Gasteiger partial charge on any atom is 0.254 e. The largest absolute Gasteiger partial charge is 0.543 e. The lowest BCUT2D eigenvalue weighted by Gasteiger charge is -2.48. The van der Waals surface area contributed by atoms with Crippen LogP contribution < -0.4 is 9.16 Å². The van der Waals surface area contributed by atoms with Crippen LogP contribution in [-0.4, -0.2) is 25.6 Å². The van der Waals surface area contributed by atoms with Crippen molar-refractivity contribution < 1.29 is 14.3 Å². The molecular weight excluding hydrogens is 460 g/mol. The van der Waals surface area contributed by atoms with Crippen molar-refractivity contribution in [1.82, 2.24) is 0 Å². The van der Waals surface area contributed by atoms with Crippen LogP contribution in [0.2, 0.25) is 17.6 Å². The van der Waals surface area contributed by atoms with Crippen molar-refractivity contribution in [2.45, 2.75) is 162 Å². The van der Waals surface area contributed by atoms with E-state index < -0.39 is 13.9 Å². The molecule has 0 amide bonds. The highest BCUT2D eigenvalue weighted by molar-refractivity contribution is 6.76. The van der Waals surface area contributed by atoms with Crippen LogP contribution in [0.3, 0.4) is 0 Å². The Morgan fingerprint density at radius 3 is 1.86 bits per heavy atom. The summed E-state index contributed by atoms with van der Waals surface area (Å²) in [5.74, 6) is 2.15. The average Bonchev–Trinajstić information content (AvgIpc) is 2.88. The smallest absolute Gasteiger partial charge is 0.254 e. The van der Waals surface area contributed by atoms with Gasteiger partial charge in [0.05, 0.1) is 6.61 Å². The molecule has 0 fully saturated rings. The predicted molar refractivity (Wildman–Crippen MR) is 158 cm³/mol. The number of ether oxygens (including phenoxy) is 1. The van der Waals surface area contributed by atoms with E-state index in [1.165, 1.54) is 98.9 Å². The molecule has 4 heteroatoms. The second-order valence-corrected chi connectivity index (χ2v) is 16.5. The van der Waals surface area contributed by atoms with Crippen molar-refractivity contribution in [2.75, 3.05) is 6.61 Å². The third-order valence-electron chi connectivity index (χ3n) is 9.38. The van der Waals surface area contributed by atoms with Crippen molar-refractivity contribution in [3.8, 4) is 11.5 Å². The fourth-order valence-corrected chi connectivity index (χ4v) is 11.2. The van der Waals surface area contributed by atoms with Gasteiger partial charge in [-0.15, -0.1) is 0 Å². The third-order valence-corrected chi connectivity index (χ3v) is 14.3. The molecule has 0 radical (unpaired) electrons. The minimum absolute atomic E-state index is 0.0546. The lowest BCUT2D eigenvalue weighted by molar-refractivity contribution is 0.00723. The van der Waals surface area contributed by atoms with E-state index in [0.717, 1.165) is 24.3 Å². The first-order chi connectivity index (χ1) is 17.1. The number of unbranched alkanes of at least 4 members (excludes halogenated alkanes) is 4. The number of benzene rings is 1. The Labute approximate surface area is 224 Å². The fraction of sp³-hybridized carbons (Fsp3) is 0.812.